The van der Waals surface area contributed by atoms with Gasteiger partial charge in [-0.1, -0.05) is 11.8 Å². The summed E-state index contributed by atoms with van der Waals surface area (Å²) in [6.07, 6.45) is 0. The van der Waals surface area contributed by atoms with Crippen molar-refractivity contribution >= 4 is 40.6 Å². The summed E-state index contributed by atoms with van der Waals surface area (Å²) < 4.78 is 12.8. The number of carbonyl (C=O) groups is 3. The standard InChI is InChI=1S/C14H13FN2O3S2/c15-9-1-3-11(4-2-9)21-7-12(18)16-5-10(6-16)17-13(19)8-22-14(17)20/h1-4,10H,5-8H2. The molecule has 3 amide bonds. The minimum absolute atomic E-state index is 0.0441. The van der Waals surface area contributed by atoms with Crippen LogP contribution in [0.15, 0.2) is 29.2 Å². The monoisotopic (exact) mass is 340 g/mol. The van der Waals surface area contributed by atoms with Gasteiger partial charge in [0, 0.05) is 18.0 Å². The van der Waals surface area contributed by atoms with Gasteiger partial charge in [0.25, 0.3) is 5.24 Å². The lowest BCUT2D eigenvalue weighted by Gasteiger charge is -2.42. The van der Waals surface area contributed by atoms with Crippen molar-refractivity contribution in [2.45, 2.75) is 10.9 Å². The second-order valence-corrected chi connectivity index (χ2v) is 6.99. The third-order valence-electron chi connectivity index (χ3n) is 3.54. The largest absolute Gasteiger partial charge is 0.338 e. The Labute approximate surface area is 135 Å². The van der Waals surface area contributed by atoms with E-state index in [1.807, 2.05) is 0 Å². The molecule has 0 spiro atoms. The van der Waals surface area contributed by atoms with Gasteiger partial charge in [-0.3, -0.25) is 19.3 Å². The van der Waals surface area contributed by atoms with E-state index in [9.17, 15) is 18.8 Å². The molecule has 22 heavy (non-hydrogen) atoms. The maximum atomic E-state index is 12.8. The summed E-state index contributed by atoms with van der Waals surface area (Å²) in [4.78, 5) is 38.9. The average Bonchev–Trinajstić information content (AvgIpc) is 2.77. The Kier molecular flexibility index (Phi) is 4.39. The van der Waals surface area contributed by atoms with Crippen LogP contribution in [-0.2, 0) is 9.59 Å². The van der Waals surface area contributed by atoms with Gasteiger partial charge in [-0.15, -0.1) is 11.8 Å². The highest BCUT2D eigenvalue weighted by molar-refractivity contribution is 8.14. The third-order valence-corrected chi connectivity index (χ3v) is 5.37. The van der Waals surface area contributed by atoms with Gasteiger partial charge in [-0.2, -0.15) is 0 Å². The topological polar surface area (TPSA) is 57.7 Å². The Hall–Kier alpha value is -1.54. The van der Waals surface area contributed by atoms with Crippen LogP contribution in [0, 0.1) is 5.82 Å². The maximum absolute atomic E-state index is 12.8. The SMILES string of the molecule is O=C(CSc1ccc(F)cc1)N1CC(N2C(=O)CSC2=O)C1. The first-order valence-corrected chi connectivity index (χ1v) is 8.66. The smallest absolute Gasteiger partial charge is 0.289 e. The highest BCUT2D eigenvalue weighted by Crippen LogP contribution is 2.27. The third kappa shape index (κ3) is 3.12. The van der Waals surface area contributed by atoms with Crippen molar-refractivity contribution in [3.63, 3.8) is 0 Å². The fourth-order valence-corrected chi connectivity index (χ4v) is 3.88. The maximum Gasteiger partial charge on any atom is 0.289 e. The predicted octanol–water partition coefficient (Wildman–Crippen LogP) is 1.82. The molecule has 116 valence electrons. The first-order chi connectivity index (χ1) is 10.5. The fraction of sp³-hybridized carbons (Fsp3) is 0.357. The minimum atomic E-state index is -0.306. The fourth-order valence-electron chi connectivity index (χ4n) is 2.31. The number of imide groups is 1. The summed E-state index contributed by atoms with van der Waals surface area (Å²) in [6.45, 7) is 0.807. The van der Waals surface area contributed by atoms with Crippen LogP contribution in [0.1, 0.15) is 0 Å². The molecule has 0 saturated carbocycles. The van der Waals surface area contributed by atoms with E-state index in [1.54, 1.807) is 17.0 Å². The molecular formula is C14H13FN2O3S2. The molecule has 0 atom stereocenters. The molecule has 2 aliphatic heterocycles. The van der Waals surface area contributed by atoms with Gasteiger partial charge >= 0.3 is 0 Å². The highest BCUT2D eigenvalue weighted by Gasteiger charge is 2.43. The molecule has 8 heteroatoms. The van der Waals surface area contributed by atoms with Crippen LogP contribution < -0.4 is 0 Å². The van der Waals surface area contributed by atoms with E-state index < -0.39 is 0 Å². The first-order valence-electron chi connectivity index (χ1n) is 6.69. The van der Waals surface area contributed by atoms with Crippen molar-refractivity contribution in [3.05, 3.63) is 30.1 Å². The number of hydrogen-bond acceptors (Lipinski definition) is 5. The number of rotatable bonds is 4. The van der Waals surface area contributed by atoms with Gasteiger partial charge in [-0.25, -0.2) is 4.39 Å². The van der Waals surface area contributed by atoms with E-state index >= 15 is 0 Å². The molecule has 1 aromatic carbocycles. The summed E-state index contributed by atoms with van der Waals surface area (Å²) in [5, 5.41) is -0.220. The van der Waals surface area contributed by atoms with E-state index in [1.165, 1.54) is 28.8 Å². The first kappa shape index (κ1) is 15.4. The zero-order valence-electron chi connectivity index (χ0n) is 11.5. The molecule has 5 nitrogen and oxygen atoms in total. The summed E-state index contributed by atoms with van der Waals surface area (Å²) >= 11 is 2.35. The number of carbonyl (C=O) groups excluding carboxylic acids is 3. The number of nitrogens with zero attached hydrogens (tertiary/aromatic N) is 2. The number of amides is 3. The number of likely N-dealkylation sites (tertiary alicyclic amines) is 1. The predicted molar refractivity (Wildman–Crippen MR) is 82.2 cm³/mol. The van der Waals surface area contributed by atoms with Crippen LogP contribution in [-0.4, -0.2) is 57.5 Å². The molecule has 0 aliphatic carbocycles. The summed E-state index contributed by atoms with van der Waals surface area (Å²) in [7, 11) is 0. The van der Waals surface area contributed by atoms with E-state index in [2.05, 4.69) is 0 Å². The average molecular weight is 340 g/mol. The van der Waals surface area contributed by atoms with E-state index in [0.29, 0.717) is 13.1 Å². The van der Waals surface area contributed by atoms with Gasteiger partial charge in [0.05, 0.1) is 17.5 Å². The van der Waals surface area contributed by atoms with Crippen LogP contribution in [0.3, 0.4) is 0 Å². The van der Waals surface area contributed by atoms with Crippen molar-refractivity contribution in [1.82, 2.24) is 9.80 Å². The number of halogens is 1. The highest BCUT2D eigenvalue weighted by atomic mass is 32.2. The van der Waals surface area contributed by atoms with Gasteiger partial charge in [0.1, 0.15) is 5.82 Å². The van der Waals surface area contributed by atoms with Crippen molar-refractivity contribution in [3.8, 4) is 0 Å². The van der Waals surface area contributed by atoms with Crippen molar-refractivity contribution in [1.29, 1.82) is 0 Å². The number of hydrogen-bond donors (Lipinski definition) is 0. The van der Waals surface area contributed by atoms with Crippen LogP contribution in [0.2, 0.25) is 0 Å². The number of benzene rings is 1. The molecular weight excluding hydrogens is 327 g/mol. The zero-order chi connectivity index (χ0) is 15.7. The number of thioether (sulfide) groups is 2. The molecule has 2 aliphatic rings. The summed E-state index contributed by atoms with van der Waals surface area (Å²) in [6, 6.07) is 5.79. The van der Waals surface area contributed by atoms with Crippen molar-refractivity contribution in [2.75, 3.05) is 24.6 Å². The quantitative estimate of drug-likeness (QED) is 0.783. The van der Waals surface area contributed by atoms with Crippen LogP contribution in [0.5, 0.6) is 0 Å². The van der Waals surface area contributed by atoms with Gasteiger partial charge in [0.2, 0.25) is 11.8 Å². The molecule has 0 bridgehead atoms. The molecule has 2 heterocycles. The molecule has 0 N–H and O–H groups in total. The van der Waals surface area contributed by atoms with E-state index in [0.717, 1.165) is 16.7 Å². The van der Waals surface area contributed by atoms with Crippen molar-refractivity contribution in [2.24, 2.45) is 0 Å². The van der Waals surface area contributed by atoms with Gasteiger partial charge in [0.15, 0.2) is 0 Å². The molecule has 2 saturated heterocycles. The Balaban J connectivity index is 1.46. The summed E-state index contributed by atoms with van der Waals surface area (Å²) in [5.41, 5.74) is 0. The molecule has 3 rings (SSSR count). The van der Waals surface area contributed by atoms with E-state index in [-0.39, 0.29) is 40.4 Å². The molecule has 0 aromatic heterocycles. The Bertz CT molecular complexity index is 601. The lowest BCUT2D eigenvalue weighted by Crippen LogP contribution is -2.62. The second kappa shape index (κ2) is 6.29. The van der Waals surface area contributed by atoms with Crippen LogP contribution in [0.4, 0.5) is 9.18 Å². The molecule has 1 aromatic rings. The lowest BCUT2D eigenvalue weighted by molar-refractivity contribution is -0.139. The Morgan fingerprint density at radius 1 is 1.27 bits per heavy atom. The van der Waals surface area contributed by atoms with Crippen LogP contribution in [0.25, 0.3) is 0 Å². The van der Waals surface area contributed by atoms with E-state index in [4.69, 9.17) is 0 Å². The Morgan fingerprint density at radius 3 is 2.55 bits per heavy atom. The van der Waals surface area contributed by atoms with Gasteiger partial charge < -0.3 is 4.90 Å². The van der Waals surface area contributed by atoms with Gasteiger partial charge in [-0.05, 0) is 24.3 Å². The zero-order valence-corrected chi connectivity index (χ0v) is 13.2. The summed E-state index contributed by atoms with van der Waals surface area (Å²) in [5.74, 6) is -0.0669. The van der Waals surface area contributed by atoms with Crippen molar-refractivity contribution < 1.29 is 18.8 Å². The molecule has 0 unspecified atom stereocenters. The normalized spacial score (nSPS) is 18.8. The minimum Gasteiger partial charge on any atom is -0.338 e. The lowest BCUT2D eigenvalue weighted by atomic mass is 10.1. The Morgan fingerprint density at radius 2 is 1.95 bits per heavy atom. The second-order valence-electron chi connectivity index (χ2n) is 5.01. The molecule has 2 fully saturated rings. The molecule has 0 radical (unpaired) electrons. The van der Waals surface area contributed by atoms with Crippen LogP contribution >= 0.6 is 23.5 Å².